The fraction of sp³-hybridized carbons (Fsp3) is 0.316. The molecule has 4 rings (SSSR count). The zero-order valence-corrected chi connectivity index (χ0v) is 15.1. The van der Waals surface area contributed by atoms with Crippen molar-refractivity contribution in [2.24, 2.45) is 0 Å². The van der Waals surface area contributed by atoms with Crippen LogP contribution in [0.15, 0.2) is 45.8 Å². The summed E-state index contributed by atoms with van der Waals surface area (Å²) in [4.78, 5) is 17.1. The van der Waals surface area contributed by atoms with Crippen LogP contribution in [0, 0.1) is 0 Å². The predicted octanol–water partition coefficient (Wildman–Crippen LogP) is 4.67. The van der Waals surface area contributed by atoms with Crippen LogP contribution in [0.4, 0.5) is 8.78 Å². The van der Waals surface area contributed by atoms with Crippen LogP contribution in [0.2, 0.25) is 0 Å². The molecule has 25 heavy (non-hydrogen) atoms. The molecular formula is C19H17BrF2N2O. The molecule has 1 N–H and O–H groups in total. The number of aromatic nitrogens is 1. The molecule has 0 radical (unpaired) electrons. The van der Waals surface area contributed by atoms with Gasteiger partial charge in [0.25, 0.3) is 11.5 Å². The summed E-state index contributed by atoms with van der Waals surface area (Å²) in [7, 11) is 0. The average molecular weight is 407 g/mol. The Kier molecular flexibility index (Phi) is 4.12. The highest BCUT2D eigenvalue weighted by atomic mass is 79.9. The van der Waals surface area contributed by atoms with E-state index in [9.17, 15) is 13.6 Å². The van der Waals surface area contributed by atoms with Gasteiger partial charge in [-0.1, -0.05) is 22.0 Å². The number of aromatic amines is 1. The van der Waals surface area contributed by atoms with Gasteiger partial charge in [-0.05, 0) is 46.0 Å². The number of fused-ring (bicyclic) bond motifs is 3. The van der Waals surface area contributed by atoms with E-state index in [4.69, 9.17) is 0 Å². The van der Waals surface area contributed by atoms with Gasteiger partial charge in [0.1, 0.15) is 0 Å². The van der Waals surface area contributed by atoms with E-state index >= 15 is 0 Å². The Balaban J connectivity index is 1.82. The molecule has 0 unspecified atom stereocenters. The summed E-state index contributed by atoms with van der Waals surface area (Å²) in [6.45, 7) is 1.38. The molecule has 0 amide bonds. The first kappa shape index (κ1) is 16.7. The second kappa shape index (κ2) is 6.18. The first-order valence-electron chi connectivity index (χ1n) is 8.26. The summed E-state index contributed by atoms with van der Waals surface area (Å²) < 4.78 is 27.7. The third kappa shape index (κ3) is 3.20. The third-order valence-electron chi connectivity index (χ3n) is 4.90. The van der Waals surface area contributed by atoms with Crippen molar-refractivity contribution in [1.82, 2.24) is 9.88 Å². The molecule has 1 fully saturated rings. The molecule has 3 aromatic rings. The predicted molar refractivity (Wildman–Crippen MR) is 99.2 cm³/mol. The summed E-state index contributed by atoms with van der Waals surface area (Å²) >= 11 is 3.47. The minimum absolute atomic E-state index is 0.0935. The van der Waals surface area contributed by atoms with E-state index < -0.39 is 5.92 Å². The second-order valence-electron chi connectivity index (χ2n) is 6.63. The molecule has 1 aromatic heterocycles. The highest BCUT2D eigenvalue weighted by Gasteiger charge is 2.33. The lowest BCUT2D eigenvalue weighted by Crippen LogP contribution is -2.38. The number of nitrogens with one attached hydrogen (secondary N) is 1. The molecule has 130 valence electrons. The quantitative estimate of drug-likeness (QED) is 0.627. The third-order valence-corrected chi connectivity index (χ3v) is 5.39. The van der Waals surface area contributed by atoms with Gasteiger partial charge in [0.2, 0.25) is 0 Å². The highest BCUT2D eigenvalue weighted by molar-refractivity contribution is 9.10. The van der Waals surface area contributed by atoms with Crippen LogP contribution in [0.3, 0.4) is 0 Å². The molecule has 0 spiro atoms. The topological polar surface area (TPSA) is 36.1 Å². The van der Waals surface area contributed by atoms with E-state index in [1.165, 1.54) is 0 Å². The Labute approximate surface area is 151 Å². The van der Waals surface area contributed by atoms with E-state index in [1.54, 1.807) is 6.20 Å². The van der Waals surface area contributed by atoms with Crippen LogP contribution in [0.5, 0.6) is 0 Å². The number of benzene rings is 2. The number of halogens is 3. The summed E-state index contributed by atoms with van der Waals surface area (Å²) in [6, 6.07) is 9.76. The first-order valence-corrected chi connectivity index (χ1v) is 9.05. The van der Waals surface area contributed by atoms with E-state index in [1.807, 2.05) is 30.3 Å². The van der Waals surface area contributed by atoms with E-state index in [2.05, 4.69) is 25.8 Å². The van der Waals surface area contributed by atoms with E-state index in [0.717, 1.165) is 26.2 Å². The van der Waals surface area contributed by atoms with Crippen molar-refractivity contribution in [3.05, 3.63) is 56.9 Å². The van der Waals surface area contributed by atoms with Crippen molar-refractivity contribution in [1.29, 1.82) is 0 Å². The van der Waals surface area contributed by atoms with Gasteiger partial charge in [0.15, 0.2) is 0 Å². The molecule has 0 saturated carbocycles. The van der Waals surface area contributed by atoms with E-state index in [-0.39, 0.29) is 18.4 Å². The summed E-state index contributed by atoms with van der Waals surface area (Å²) in [5, 5.41) is 3.40. The molecule has 0 aliphatic carbocycles. The number of rotatable bonds is 2. The maximum Gasteiger partial charge on any atom is 0.256 e. The van der Waals surface area contributed by atoms with Gasteiger partial charge in [-0.25, -0.2) is 8.78 Å². The maximum atomic E-state index is 13.4. The molecule has 1 aliphatic heterocycles. The monoisotopic (exact) mass is 406 g/mol. The zero-order valence-electron chi connectivity index (χ0n) is 13.5. The van der Waals surface area contributed by atoms with Crippen molar-refractivity contribution in [2.45, 2.75) is 25.3 Å². The number of H-pyrrole nitrogens is 1. The largest absolute Gasteiger partial charge is 0.329 e. The first-order chi connectivity index (χ1) is 11.9. The molecule has 1 saturated heterocycles. The van der Waals surface area contributed by atoms with Crippen LogP contribution < -0.4 is 5.56 Å². The molecular weight excluding hydrogens is 390 g/mol. The van der Waals surface area contributed by atoms with Crippen LogP contribution in [-0.2, 0) is 6.54 Å². The van der Waals surface area contributed by atoms with Crippen molar-refractivity contribution in [2.75, 3.05) is 13.1 Å². The number of hydrogen-bond donors (Lipinski definition) is 1. The number of likely N-dealkylation sites (tertiary alicyclic amines) is 1. The van der Waals surface area contributed by atoms with Crippen molar-refractivity contribution < 1.29 is 8.78 Å². The summed E-state index contributed by atoms with van der Waals surface area (Å²) in [5.74, 6) is -2.54. The maximum absolute atomic E-state index is 13.4. The minimum atomic E-state index is -2.54. The summed E-state index contributed by atoms with van der Waals surface area (Å²) in [6.07, 6.45) is 1.45. The van der Waals surface area contributed by atoms with Gasteiger partial charge in [0, 0.05) is 43.1 Å². The number of pyridine rings is 1. The Morgan fingerprint density at radius 2 is 1.88 bits per heavy atom. The Hall–Kier alpha value is -1.79. The fourth-order valence-corrected chi connectivity index (χ4v) is 3.93. The van der Waals surface area contributed by atoms with Crippen molar-refractivity contribution in [3.8, 4) is 0 Å². The average Bonchev–Trinajstić information content (AvgIpc) is 2.56. The van der Waals surface area contributed by atoms with Gasteiger partial charge >= 0.3 is 0 Å². The SMILES string of the molecule is O=c1[nH]ccc2cc(CN3CCC(F)(F)CC3)c3ccc(Br)cc3c12. The van der Waals surface area contributed by atoms with Gasteiger partial charge < -0.3 is 4.98 Å². The molecule has 2 aromatic carbocycles. The van der Waals surface area contributed by atoms with Gasteiger partial charge in [-0.15, -0.1) is 0 Å². The van der Waals surface area contributed by atoms with Gasteiger partial charge in [-0.2, -0.15) is 0 Å². The number of nitrogens with zero attached hydrogens (tertiary/aromatic N) is 1. The smallest absolute Gasteiger partial charge is 0.256 e. The molecule has 3 nitrogen and oxygen atoms in total. The van der Waals surface area contributed by atoms with Crippen molar-refractivity contribution >= 4 is 37.5 Å². The van der Waals surface area contributed by atoms with Crippen LogP contribution in [0.1, 0.15) is 18.4 Å². The van der Waals surface area contributed by atoms with Crippen molar-refractivity contribution in [3.63, 3.8) is 0 Å². The fourth-order valence-electron chi connectivity index (χ4n) is 3.57. The molecule has 2 heterocycles. The van der Waals surface area contributed by atoms with Gasteiger partial charge in [-0.3, -0.25) is 9.69 Å². The Morgan fingerprint density at radius 1 is 1.12 bits per heavy atom. The molecule has 1 aliphatic rings. The standard InChI is InChI=1S/C19H17BrF2N2O/c20-14-1-2-15-13(11-24-7-4-19(21,22)5-8-24)9-12-3-6-23-18(25)17(12)16(15)10-14/h1-3,6,9-10H,4-5,7-8,11H2,(H,23,25). The summed E-state index contributed by atoms with van der Waals surface area (Å²) in [5.41, 5.74) is 0.940. The van der Waals surface area contributed by atoms with Crippen LogP contribution >= 0.6 is 15.9 Å². The number of hydrogen-bond acceptors (Lipinski definition) is 2. The normalized spacial score (nSPS) is 18.0. The van der Waals surface area contributed by atoms with Crippen LogP contribution in [0.25, 0.3) is 21.5 Å². The Morgan fingerprint density at radius 3 is 2.64 bits per heavy atom. The zero-order chi connectivity index (χ0) is 17.6. The molecule has 0 atom stereocenters. The Bertz CT molecular complexity index is 1010. The lowest BCUT2D eigenvalue weighted by Gasteiger charge is -2.32. The van der Waals surface area contributed by atoms with E-state index in [0.29, 0.717) is 25.0 Å². The second-order valence-corrected chi connectivity index (χ2v) is 7.54. The lowest BCUT2D eigenvalue weighted by atomic mass is 9.97. The minimum Gasteiger partial charge on any atom is -0.329 e. The highest BCUT2D eigenvalue weighted by Crippen LogP contribution is 2.32. The molecule has 0 bridgehead atoms. The number of piperidine rings is 1. The van der Waals surface area contributed by atoms with Gasteiger partial charge in [0.05, 0.1) is 5.39 Å². The van der Waals surface area contributed by atoms with Crippen LogP contribution in [-0.4, -0.2) is 28.9 Å². The molecule has 6 heteroatoms. The number of alkyl halides is 2. The lowest BCUT2D eigenvalue weighted by molar-refractivity contribution is -0.0565.